The molecule has 0 heterocycles. The van der Waals surface area contributed by atoms with Crippen LogP contribution >= 0.6 is 0 Å². The zero-order valence-electron chi connectivity index (χ0n) is 6.94. The molecule has 0 aromatic heterocycles. The van der Waals surface area contributed by atoms with E-state index < -0.39 is 10.7 Å². The van der Waals surface area contributed by atoms with Crippen LogP contribution in [0.3, 0.4) is 0 Å². The number of halogens is 1. The number of nitro benzene ring substituents is 1. The van der Waals surface area contributed by atoms with Gasteiger partial charge in [0, 0.05) is 6.07 Å². The Kier molecular flexibility index (Phi) is 2.97. The van der Waals surface area contributed by atoms with Crippen molar-refractivity contribution in [3.05, 3.63) is 34.1 Å². The minimum absolute atomic E-state index is 0.169. The van der Waals surface area contributed by atoms with Crippen molar-refractivity contribution in [3.8, 4) is 11.8 Å². The summed E-state index contributed by atoms with van der Waals surface area (Å²) >= 11 is 0. The topological polar surface area (TPSA) is 76.2 Å². The van der Waals surface area contributed by atoms with Gasteiger partial charge < -0.3 is 4.74 Å². The van der Waals surface area contributed by atoms with Gasteiger partial charge in [-0.3, -0.25) is 10.1 Å². The smallest absolute Gasteiger partial charge is 0.272 e. The number of hydrogen-bond acceptors (Lipinski definition) is 4. The first-order chi connectivity index (χ1) is 6.65. The van der Waals surface area contributed by atoms with Crippen LogP contribution in [0, 0.1) is 27.3 Å². The fourth-order valence-corrected chi connectivity index (χ4v) is 0.830. The molecular formula is C8H5FN2O3. The molecule has 0 radical (unpaired) electrons. The van der Waals surface area contributed by atoms with E-state index in [-0.39, 0.29) is 18.0 Å². The quantitative estimate of drug-likeness (QED) is 0.543. The molecule has 1 aromatic carbocycles. The van der Waals surface area contributed by atoms with Gasteiger partial charge in [-0.15, -0.1) is 0 Å². The average Bonchev–Trinajstić information content (AvgIpc) is 2.15. The Morgan fingerprint density at radius 1 is 1.64 bits per heavy atom. The van der Waals surface area contributed by atoms with E-state index in [4.69, 9.17) is 5.26 Å². The molecule has 0 aliphatic heterocycles. The van der Waals surface area contributed by atoms with Crippen LogP contribution in [0.15, 0.2) is 18.2 Å². The van der Waals surface area contributed by atoms with Crippen LogP contribution in [-0.4, -0.2) is 11.5 Å². The maximum atomic E-state index is 13.0. The molecule has 0 saturated heterocycles. The molecule has 0 atom stereocenters. The first kappa shape index (κ1) is 9.92. The molecule has 5 nitrogen and oxygen atoms in total. The lowest BCUT2D eigenvalue weighted by molar-refractivity contribution is -0.385. The molecule has 0 fully saturated rings. The van der Waals surface area contributed by atoms with Crippen molar-refractivity contribution in [1.82, 2.24) is 0 Å². The Balaban J connectivity index is 2.91. The lowest BCUT2D eigenvalue weighted by Gasteiger charge is -2.01. The summed E-state index contributed by atoms with van der Waals surface area (Å²) in [5.41, 5.74) is -0.355. The molecule has 0 unspecified atom stereocenters. The largest absolute Gasteiger partial charge is 0.476 e. The standard InChI is InChI=1S/C8H5FN2O3/c9-7-5-6(11(12)13)1-2-8(7)14-4-3-10/h1-2,5H,4H2. The predicted molar refractivity (Wildman–Crippen MR) is 44.2 cm³/mol. The van der Waals surface area contributed by atoms with E-state index in [1.54, 1.807) is 6.07 Å². The van der Waals surface area contributed by atoms with Crippen LogP contribution < -0.4 is 4.74 Å². The average molecular weight is 196 g/mol. The van der Waals surface area contributed by atoms with E-state index >= 15 is 0 Å². The summed E-state index contributed by atoms with van der Waals surface area (Å²) in [5.74, 6) is -1.02. The molecule has 0 bridgehead atoms. The molecular weight excluding hydrogens is 191 g/mol. The van der Waals surface area contributed by atoms with Crippen molar-refractivity contribution >= 4 is 5.69 Å². The van der Waals surface area contributed by atoms with Crippen LogP contribution in [0.25, 0.3) is 0 Å². The molecule has 1 rings (SSSR count). The first-order valence-corrected chi connectivity index (χ1v) is 3.59. The monoisotopic (exact) mass is 196 g/mol. The van der Waals surface area contributed by atoms with Crippen molar-refractivity contribution in [2.75, 3.05) is 6.61 Å². The normalized spacial score (nSPS) is 9.14. The van der Waals surface area contributed by atoms with Gasteiger partial charge in [-0.25, -0.2) is 4.39 Å². The van der Waals surface area contributed by atoms with E-state index in [0.29, 0.717) is 0 Å². The van der Waals surface area contributed by atoms with Crippen molar-refractivity contribution < 1.29 is 14.1 Å². The predicted octanol–water partition coefficient (Wildman–Crippen LogP) is 1.64. The molecule has 0 aliphatic rings. The van der Waals surface area contributed by atoms with E-state index in [2.05, 4.69) is 4.74 Å². The Hall–Kier alpha value is -2.16. The zero-order chi connectivity index (χ0) is 10.6. The van der Waals surface area contributed by atoms with Crippen molar-refractivity contribution in [1.29, 1.82) is 5.26 Å². The Morgan fingerprint density at radius 2 is 2.36 bits per heavy atom. The number of nitrogens with zero attached hydrogens (tertiary/aromatic N) is 2. The van der Waals surface area contributed by atoms with Crippen molar-refractivity contribution in [2.24, 2.45) is 0 Å². The SMILES string of the molecule is N#CCOc1ccc([N+](=O)[O-])cc1F. The molecule has 0 aliphatic carbocycles. The van der Waals surface area contributed by atoms with Crippen LogP contribution in [0.5, 0.6) is 5.75 Å². The number of rotatable bonds is 3. The number of hydrogen-bond donors (Lipinski definition) is 0. The third-order valence-electron chi connectivity index (χ3n) is 1.42. The number of non-ortho nitro benzene ring substituents is 1. The summed E-state index contributed by atoms with van der Waals surface area (Å²) in [7, 11) is 0. The van der Waals surface area contributed by atoms with Gasteiger partial charge in [0.25, 0.3) is 5.69 Å². The van der Waals surface area contributed by atoms with E-state index in [9.17, 15) is 14.5 Å². The fourth-order valence-electron chi connectivity index (χ4n) is 0.830. The third kappa shape index (κ3) is 2.17. The van der Waals surface area contributed by atoms with Gasteiger partial charge in [0.1, 0.15) is 6.07 Å². The molecule has 72 valence electrons. The highest BCUT2D eigenvalue weighted by Gasteiger charge is 2.10. The second kappa shape index (κ2) is 4.18. The van der Waals surface area contributed by atoms with Crippen LogP contribution in [0.1, 0.15) is 0 Å². The molecule has 1 aromatic rings. The van der Waals surface area contributed by atoms with Gasteiger partial charge in [-0.2, -0.15) is 5.26 Å². The summed E-state index contributed by atoms with van der Waals surface area (Å²) in [6.07, 6.45) is 0. The number of ether oxygens (including phenoxy) is 1. The summed E-state index contributed by atoms with van der Waals surface area (Å²) < 4.78 is 17.7. The Morgan fingerprint density at radius 3 is 2.86 bits per heavy atom. The summed E-state index contributed by atoms with van der Waals surface area (Å²) in [5, 5.41) is 18.4. The maximum Gasteiger partial charge on any atom is 0.272 e. The maximum absolute atomic E-state index is 13.0. The van der Waals surface area contributed by atoms with Crippen LogP contribution in [-0.2, 0) is 0 Å². The first-order valence-electron chi connectivity index (χ1n) is 3.59. The lowest BCUT2D eigenvalue weighted by atomic mass is 10.3. The summed E-state index contributed by atoms with van der Waals surface area (Å²) in [6, 6.07) is 4.62. The lowest BCUT2D eigenvalue weighted by Crippen LogP contribution is -1.97. The fraction of sp³-hybridized carbons (Fsp3) is 0.125. The zero-order valence-corrected chi connectivity index (χ0v) is 6.94. The van der Waals surface area contributed by atoms with Gasteiger partial charge in [-0.1, -0.05) is 0 Å². The number of benzene rings is 1. The van der Waals surface area contributed by atoms with E-state index in [1.807, 2.05) is 0 Å². The van der Waals surface area contributed by atoms with E-state index in [0.717, 1.165) is 18.2 Å². The second-order valence-corrected chi connectivity index (χ2v) is 2.32. The van der Waals surface area contributed by atoms with Crippen molar-refractivity contribution in [3.63, 3.8) is 0 Å². The molecule has 6 heteroatoms. The highest BCUT2D eigenvalue weighted by Crippen LogP contribution is 2.22. The highest BCUT2D eigenvalue weighted by atomic mass is 19.1. The molecule has 0 spiro atoms. The number of nitriles is 1. The Bertz CT molecular complexity index is 400. The highest BCUT2D eigenvalue weighted by molar-refractivity contribution is 5.37. The van der Waals surface area contributed by atoms with Gasteiger partial charge in [-0.05, 0) is 6.07 Å². The van der Waals surface area contributed by atoms with Crippen LogP contribution in [0.2, 0.25) is 0 Å². The summed E-state index contributed by atoms with van der Waals surface area (Å²) in [6.45, 7) is -0.297. The molecule has 0 saturated carbocycles. The molecule has 0 amide bonds. The molecule has 14 heavy (non-hydrogen) atoms. The second-order valence-electron chi connectivity index (χ2n) is 2.32. The Labute approximate surface area is 78.5 Å². The van der Waals surface area contributed by atoms with Gasteiger partial charge in [0.05, 0.1) is 11.0 Å². The minimum atomic E-state index is -0.852. The van der Waals surface area contributed by atoms with Gasteiger partial charge in [0.15, 0.2) is 18.2 Å². The van der Waals surface area contributed by atoms with Gasteiger partial charge in [0.2, 0.25) is 0 Å². The van der Waals surface area contributed by atoms with E-state index in [1.165, 1.54) is 0 Å². The van der Waals surface area contributed by atoms with Crippen LogP contribution in [0.4, 0.5) is 10.1 Å². The van der Waals surface area contributed by atoms with Gasteiger partial charge >= 0.3 is 0 Å². The third-order valence-corrected chi connectivity index (χ3v) is 1.42. The summed E-state index contributed by atoms with van der Waals surface area (Å²) in [4.78, 5) is 9.51. The number of nitro groups is 1. The minimum Gasteiger partial charge on any atom is -0.476 e. The molecule has 0 N–H and O–H groups in total. The van der Waals surface area contributed by atoms with Crippen molar-refractivity contribution in [2.45, 2.75) is 0 Å².